The number of ether oxygens (including phenoxy) is 1. The molecule has 1 unspecified atom stereocenters. The van der Waals surface area contributed by atoms with Gasteiger partial charge in [0.25, 0.3) is 0 Å². The van der Waals surface area contributed by atoms with Crippen molar-refractivity contribution in [1.29, 1.82) is 0 Å². The third-order valence-electron chi connectivity index (χ3n) is 4.08. The van der Waals surface area contributed by atoms with E-state index >= 15 is 0 Å². The quantitative estimate of drug-likeness (QED) is 0.574. The fourth-order valence-electron chi connectivity index (χ4n) is 2.62. The maximum atomic E-state index is 10.4. The van der Waals surface area contributed by atoms with Crippen molar-refractivity contribution in [2.24, 2.45) is 12.0 Å². The van der Waals surface area contributed by atoms with Gasteiger partial charge in [0.05, 0.1) is 31.3 Å². The average Bonchev–Trinajstić information content (AvgIpc) is 2.95. The molecule has 6 nitrogen and oxygen atoms in total. The molecular weight excluding hydrogens is 352 g/mol. The molecule has 1 heterocycles. The third-order valence-corrected chi connectivity index (χ3v) is 4.29. The smallest absolute Gasteiger partial charge is 0.194 e. The van der Waals surface area contributed by atoms with Crippen molar-refractivity contribution in [2.75, 3.05) is 27.2 Å². The van der Waals surface area contributed by atoms with Gasteiger partial charge < -0.3 is 24.6 Å². The Morgan fingerprint density at radius 3 is 2.62 bits per heavy atom. The molecule has 1 aromatic heterocycles. The Labute approximate surface area is 160 Å². The molecule has 0 amide bonds. The Morgan fingerprint density at radius 1 is 1.38 bits per heavy atom. The zero-order valence-electron chi connectivity index (χ0n) is 15.7. The molecule has 26 heavy (non-hydrogen) atoms. The molecule has 0 bridgehead atoms. The third kappa shape index (κ3) is 5.41. The second-order valence-corrected chi connectivity index (χ2v) is 6.54. The predicted molar refractivity (Wildman–Crippen MR) is 106 cm³/mol. The molecule has 2 rings (SSSR count). The summed E-state index contributed by atoms with van der Waals surface area (Å²) in [5, 5.41) is 14.4. The number of aliphatic hydroxyl groups is 1. The average molecular weight is 379 g/mol. The molecule has 0 aliphatic heterocycles. The maximum Gasteiger partial charge on any atom is 0.194 e. The van der Waals surface area contributed by atoms with Crippen molar-refractivity contribution in [3.8, 4) is 5.75 Å². The summed E-state index contributed by atoms with van der Waals surface area (Å²) in [5.41, 5.74) is 1.89. The van der Waals surface area contributed by atoms with E-state index in [-0.39, 0.29) is 6.54 Å². The molecule has 7 heteroatoms. The summed E-state index contributed by atoms with van der Waals surface area (Å²) in [7, 11) is 5.54. The van der Waals surface area contributed by atoms with E-state index in [2.05, 4.69) is 10.3 Å². The van der Waals surface area contributed by atoms with Crippen molar-refractivity contribution in [3.63, 3.8) is 0 Å². The van der Waals surface area contributed by atoms with Crippen LogP contribution in [0.1, 0.15) is 24.3 Å². The number of benzene rings is 1. The second-order valence-electron chi connectivity index (χ2n) is 6.10. The van der Waals surface area contributed by atoms with Gasteiger partial charge in [-0.1, -0.05) is 23.7 Å². The molecule has 0 aliphatic carbocycles. The number of hydrogen-bond acceptors (Lipinski definition) is 3. The number of nitrogens with zero attached hydrogens (tertiary/aromatic N) is 3. The summed E-state index contributed by atoms with van der Waals surface area (Å²) in [6.07, 6.45) is 1.20. The fourth-order valence-corrected chi connectivity index (χ4v) is 2.89. The van der Waals surface area contributed by atoms with E-state index in [4.69, 9.17) is 16.3 Å². The van der Waals surface area contributed by atoms with E-state index in [1.54, 1.807) is 7.11 Å². The van der Waals surface area contributed by atoms with E-state index < -0.39 is 6.10 Å². The van der Waals surface area contributed by atoms with E-state index in [0.29, 0.717) is 11.6 Å². The van der Waals surface area contributed by atoms with Crippen molar-refractivity contribution in [3.05, 3.63) is 52.8 Å². The maximum absolute atomic E-state index is 10.4. The minimum absolute atomic E-state index is 0.271. The topological polar surface area (TPSA) is 62.0 Å². The monoisotopic (exact) mass is 378 g/mol. The lowest BCUT2D eigenvalue weighted by atomic mass is 10.1. The molecule has 0 aliphatic rings. The number of aliphatic hydroxyl groups excluding tert-OH is 1. The zero-order chi connectivity index (χ0) is 19.1. The number of aliphatic imine (C=N–C) groups is 1. The Morgan fingerprint density at radius 2 is 2.08 bits per heavy atom. The molecule has 142 valence electrons. The van der Waals surface area contributed by atoms with Gasteiger partial charge in [0, 0.05) is 32.5 Å². The van der Waals surface area contributed by atoms with Gasteiger partial charge in [-0.25, -0.2) is 0 Å². The molecule has 0 radical (unpaired) electrons. The summed E-state index contributed by atoms with van der Waals surface area (Å²) in [6, 6.07) is 9.30. The van der Waals surface area contributed by atoms with Crippen molar-refractivity contribution < 1.29 is 9.84 Å². The first-order valence-corrected chi connectivity index (χ1v) is 8.94. The Bertz CT molecular complexity index is 728. The van der Waals surface area contributed by atoms with Gasteiger partial charge in [-0.05, 0) is 30.7 Å². The highest BCUT2D eigenvalue weighted by Gasteiger charge is 2.12. The van der Waals surface area contributed by atoms with Crippen LogP contribution < -0.4 is 10.1 Å². The highest BCUT2D eigenvalue weighted by atomic mass is 35.5. The largest absolute Gasteiger partial charge is 0.497 e. The number of guanidine groups is 1. The molecule has 0 saturated carbocycles. The van der Waals surface area contributed by atoms with Crippen LogP contribution in [0.15, 0.2) is 41.5 Å². The number of halogens is 1. The summed E-state index contributed by atoms with van der Waals surface area (Å²) in [6.45, 7) is 3.69. The standard InChI is InChI=1S/C19H27ClN4O2/c1-5-21-19(24(3)13-16-10-15(20)12-23(16)2)22-11-18(25)14-6-8-17(26-4)9-7-14/h6-10,12,18,25H,5,11,13H2,1-4H3,(H,21,22). The van der Waals surface area contributed by atoms with Crippen LogP contribution in [0.2, 0.25) is 5.02 Å². The van der Waals surface area contributed by atoms with Gasteiger partial charge in [0.15, 0.2) is 5.96 Å². The number of aryl methyl sites for hydroxylation is 1. The first-order valence-electron chi connectivity index (χ1n) is 8.56. The van der Waals surface area contributed by atoms with Crippen LogP contribution in [0.25, 0.3) is 0 Å². The highest BCUT2D eigenvalue weighted by Crippen LogP contribution is 2.18. The van der Waals surface area contributed by atoms with E-state index in [1.165, 1.54) is 0 Å². The Kier molecular flexibility index (Phi) is 7.36. The van der Waals surface area contributed by atoms with E-state index in [9.17, 15) is 5.11 Å². The molecule has 0 spiro atoms. The molecule has 1 aromatic carbocycles. The van der Waals surface area contributed by atoms with Gasteiger partial charge >= 0.3 is 0 Å². The molecule has 0 fully saturated rings. The highest BCUT2D eigenvalue weighted by molar-refractivity contribution is 6.30. The first kappa shape index (κ1) is 20.1. The van der Waals surface area contributed by atoms with Gasteiger partial charge in [-0.15, -0.1) is 0 Å². The molecule has 2 aromatic rings. The molecule has 0 saturated heterocycles. The summed E-state index contributed by atoms with van der Waals surface area (Å²) in [5.74, 6) is 1.50. The van der Waals surface area contributed by atoms with Crippen LogP contribution in [0.5, 0.6) is 5.75 Å². The van der Waals surface area contributed by atoms with Crippen LogP contribution >= 0.6 is 11.6 Å². The molecule has 2 N–H and O–H groups in total. The number of methoxy groups -OCH3 is 1. The number of hydrogen-bond donors (Lipinski definition) is 2. The lowest BCUT2D eigenvalue weighted by Gasteiger charge is -2.23. The normalized spacial score (nSPS) is 12.8. The summed E-state index contributed by atoms with van der Waals surface area (Å²) < 4.78 is 7.14. The Hall–Kier alpha value is -2.18. The minimum Gasteiger partial charge on any atom is -0.497 e. The van der Waals surface area contributed by atoms with Gasteiger partial charge in [0.1, 0.15) is 5.75 Å². The van der Waals surface area contributed by atoms with E-state index in [0.717, 1.165) is 29.5 Å². The predicted octanol–water partition coefficient (Wildman–Crippen LogP) is 2.82. The lowest BCUT2D eigenvalue weighted by Crippen LogP contribution is -2.39. The zero-order valence-corrected chi connectivity index (χ0v) is 16.5. The first-order chi connectivity index (χ1) is 12.4. The molecule has 1 atom stereocenters. The SMILES string of the molecule is CCNC(=NCC(O)c1ccc(OC)cc1)N(C)Cc1cc(Cl)cn1C. The van der Waals surface area contributed by atoms with E-state index in [1.807, 2.05) is 67.0 Å². The number of aromatic nitrogens is 1. The summed E-state index contributed by atoms with van der Waals surface area (Å²) in [4.78, 5) is 6.58. The van der Waals surface area contributed by atoms with Crippen molar-refractivity contribution >= 4 is 17.6 Å². The van der Waals surface area contributed by atoms with Gasteiger partial charge in [0.2, 0.25) is 0 Å². The van der Waals surface area contributed by atoms with Crippen LogP contribution in [0, 0.1) is 0 Å². The number of nitrogens with one attached hydrogen (secondary N) is 1. The fraction of sp³-hybridized carbons (Fsp3) is 0.421. The lowest BCUT2D eigenvalue weighted by molar-refractivity contribution is 0.186. The summed E-state index contributed by atoms with van der Waals surface area (Å²) >= 11 is 6.05. The van der Waals surface area contributed by atoms with Crippen LogP contribution in [0.3, 0.4) is 0 Å². The van der Waals surface area contributed by atoms with Gasteiger partial charge in [-0.3, -0.25) is 4.99 Å². The Balaban J connectivity index is 2.05. The van der Waals surface area contributed by atoms with Crippen LogP contribution in [-0.2, 0) is 13.6 Å². The number of rotatable bonds is 7. The van der Waals surface area contributed by atoms with Crippen LogP contribution in [0.4, 0.5) is 0 Å². The van der Waals surface area contributed by atoms with Crippen molar-refractivity contribution in [2.45, 2.75) is 19.6 Å². The van der Waals surface area contributed by atoms with Crippen LogP contribution in [-0.4, -0.2) is 47.8 Å². The molecular formula is C19H27ClN4O2. The second kappa shape index (κ2) is 9.50. The minimum atomic E-state index is -0.674. The van der Waals surface area contributed by atoms with Gasteiger partial charge in [-0.2, -0.15) is 0 Å². The van der Waals surface area contributed by atoms with Crippen molar-refractivity contribution in [1.82, 2.24) is 14.8 Å².